The predicted octanol–water partition coefficient (Wildman–Crippen LogP) is 3.53. The van der Waals surface area contributed by atoms with Crippen LogP contribution in [0.2, 0.25) is 0 Å². The molecule has 1 atom stereocenters. The van der Waals surface area contributed by atoms with Crippen molar-refractivity contribution in [1.82, 2.24) is 20.4 Å². The number of carbonyl (C=O) groups excluding carboxylic acids is 1. The van der Waals surface area contributed by atoms with Crippen LogP contribution in [0.3, 0.4) is 0 Å². The second kappa shape index (κ2) is 7.35. The van der Waals surface area contributed by atoms with Gasteiger partial charge in [0, 0.05) is 18.2 Å². The van der Waals surface area contributed by atoms with Gasteiger partial charge in [-0.2, -0.15) is 4.98 Å². The molecular formula is C19H24N4O3. The number of urea groups is 1. The zero-order chi connectivity index (χ0) is 17.9. The average Bonchev–Trinajstić information content (AvgIpc) is 3.41. The highest BCUT2D eigenvalue weighted by Crippen LogP contribution is 2.32. The predicted molar refractivity (Wildman–Crippen MR) is 95.8 cm³/mol. The lowest BCUT2D eigenvalue weighted by Gasteiger charge is -2.24. The third-order valence-electron chi connectivity index (χ3n) is 5.25. The molecule has 1 aliphatic heterocycles. The number of nitrogens with one attached hydrogen (secondary N) is 1. The molecule has 7 nitrogen and oxygen atoms in total. The Bertz CT molecular complexity index is 770. The Hall–Kier alpha value is -2.57. The molecule has 2 fully saturated rings. The number of ether oxygens (including phenoxy) is 1. The smallest absolute Gasteiger partial charge is 0.318 e. The number of methoxy groups -OCH3 is 1. The molecule has 1 aromatic heterocycles. The topological polar surface area (TPSA) is 80.5 Å². The molecule has 138 valence electrons. The lowest BCUT2D eigenvalue weighted by molar-refractivity contribution is 0.177. The van der Waals surface area contributed by atoms with Crippen LogP contribution >= 0.6 is 0 Å². The van der Waals surface area contributed by atoms with Gasteiger partial charge in [-0.05, 0) is 37.8 Å². The minimum Gasteiger partial charge on any atom is -0.497 e. The lowest BCUT2D eigenvalue weighted by atomic mass is 10.2. The van der Waals surface area contributed by atoms with Crippen LogP contribution in [0.5, 0.6) is 5.75 Å². The molecule has 2 aliphatic rings. The van der Waals surface area contributed by atoms with Crippen molar-refractivity contribution in [3.63, 3.8) is 0 Å². The molecule has 1 N–H and O–H groups in total. The van der Waals surface area contributed by atoms with Crippen LogP contribution in [0.15, 0.2) is 28.8 Å². The molecule has 4 rings (SSSR count). The summed E-state index contributed by atoms with van der Waals surface area (Å²) in [5.74, 6) is 1.76. The van der Waals surface area contributed by atoms with E-state index in [0.29, 0.717) is 17.8 Å². The Kier molecular flexibility index (Phi) is 4.77. The summed E-state index contributed by atoms with van der Waals surface area (Å²) in [5.41, 5.74) is 0.833. The lowest BCUT2D eigenvalue weighted by Crippen LogP contribution is -2.43. The van der Waals surface area contributed by atoms with Crippen molar-refractivity contribution in [3.8, 4) is 17.1 Å². The summed E-state index contributed by atoms with van der Waals surface area (Å²) in [5, 5.41) is 7.26. The standard InChI is InChI=1S/C19H24N4O3/c1-25-15-9-4-6-13(12-15)17-21-18(26-22-17)16-10-5-11-23(16)19(24)20-14-7-2-3-8-14/h4,6,9,12,14,16H,2-3,5,7-8,10-11H2,1H3,(H,20,24). The van der Waals surface area contributed by atoms with Crippen molar-refractivity contribution in [2.75, 3.05) is 13.7 Å². The number of hydrogen-bond acceptors (Lipinski definition) is 5. The summed E-state index contributed by atoms with van der Waals surface area (Å²) < 4.78 is 10.8. The molecule has 1 unspecified atom stereocenters. The van der Waals surface area contributed by atoms with E-state index < -0.39 is 0 Å². The molecule has 2 aromatic rings. The van der Waals surface area contributed by atoms with Crippen molar-refractivity contribution < 1.29 is 14.1 Å². The zero-order valence-electron chi connectivity index (χ0n) is 15.0. The maximum absolute atomic E-state index is 12.7. The first-order chi connectivity index (χ1) is 12.7. The molecule has 1 aliphatic carbocycles. The molecule has 1 saturated heterocycles. The maximum atomic E-state index is 12.7. The van der Waals surface area contributed by atoms with Gasteiger partial charge in [-0.25, -0.2) is 4.79 Å². The second-order valence-electron chi connectivity index (χ2n) is 6.97. The molecule has 0 radical (unpaired) electrons. The van der Waals surface area contributed by atoms with Crippen LogP contribution in [0, 0.1) is 0 Å². The van der Waals surface area contributed by atoms with Crippen molar-refractivity contribution >= 4 is 6.03 Å². The summed E-state index contributed by atoms with van der Waals surface area (Å²) >= 11 is 0. The third-order valence-corrected chi connectivity index (χ3v) is 5.25. The molecular weight excluding hydrogens is 332 g/mol. The minimum atomic E-state index is -0.150. The van der Waals surface area contributed by atoms with Crippen molar-refractivity contribution in [1.29, 1.82) is 0 Å². The van der Waals surface area contributed by atoms with Gasteiger partial charge in [0.25, 0.3) is 0 Å². The van der Waals surface area contributed by atoms with Crippen molar-refractivity contribution in [2.45, 2.75) is 50.6 Å². The fourth-order valence-electron chi connectivity index (χ4n) is 3.84. The number of benzene rings is 1. The first-order valence-corrected chi connectivity index (χ1v) is 9.30. The molecule has 2 heterocycles. The SMILES string of the molecule is COc1cccc(-c2noc(C3CCCN3C(=O)NC3CCCC3)n2)c1. The van der Waals surface area contributed by atoms with Gasteiger partial charge in [-0.1, -0.05) is 30.1 Å². The number of nitrogens with zero attached hydrogens (tertiary/aromatic N) is 3. The van der Waals surface area contributed by atoms with Gasteiger partial charge in [-0.15, -0.1) is 0 Å². The number of amides is 2. The van der Waals surface area contributed by atoms with E-state index in [-0.39, 0.29) is 12.1 Å². The Balaban J connectivity index is 1.49. The maximum Gasteiger partial charge on any atom is 0.318 e. The van der Waals surface area contributed by atoms with Crippen LogP contribution in [0.25, 0.3) is 11.4 Å². The largest absolute Gasteiger partial charge is 0.497 e. The van der Waals surface area contributed by atoms with E-state index >= 15 is 0 Å². The van der Waals surface area contributed by atoms with E-state index in [0.717, 1.165) is 43.5 Å². The number of aromatic nitrogens is 2. The van der Waals surface area contributed by atoms with E-state index in [4.69, 9.17) is 9.26 Å². The number of likely N-dealkylation sites (tertiary alicyclic amines) is 1. The van der Waals surface area contributed by atoms with Gasteiger partial charge in [0.05, 0.1) is 7.11 Å². The Morgan fingerprint density at radius 2 is 2.12 bits per heavy atom. The average molecular weight is 356 g/mol. The summed E-state index contributed by atoms with van der Waals surface area (Å²) in [7, 11) is 1.63. The van der Waals surface area contributed by atoms with Gasteiger partial charge in [0.15, 0.2) is 0 Å². The fraction of sp³-hybridized carbons (Fsp3) is 0.526. The molecule has 0 bridgehead atoms. The summed E-state index contributed by atoms with van der Waals surface area (Å²) in [6.45, 7) is 0.722. The monoisotopic (exact) mass is 356 g/mol. The summed E-state index contributed by atoms with van der Waals surface area (Å²) in [6, 6.07) is 7.68. The van der Waals surface area contributed by atoms with Crippen LogP contribution in [0.1, 0.15) is 50.5 Å². The van der Waals surface area contributed by atoms with E-state index in [1.807, 2.05) is 29.2 Å². The molecule has 2 amide bonds. The van der Waals surface area contributed by atoms with Crippen LogP contribution in [0.4, 0.5) is 4.79 Å². The Labute approximate surface area is 152 Å². The van der Waals surface area contributed by atoms with Crippen molar-refractivity contribution in [2.24, 2.45) is 0 Å². The third kappa shape index (κ3) is 3.38. The van der Waals surface area contributed by atoms with E-state index in [9.17, 15) is 4.79 Å². The van der Waals surface area contributed by atoms with Gasteiger partial charge < -0.3 is 19.5 Å². The van der Waals surface area contributed by atoms with Crippen molar-refractivity contribution in [3.05, 3.63) is 30.2 Å². The normalized spacial score (nSPS) is 20.5. The van der Waals surface area contributed by atoms with Gasteiger partial charge in [-0.3, -0.25) is 0 Å². The first kappa shape index (κ1) is 16.9. The van der Waals surface area contributed by atoms with Crippen LogP contribution < -0.4 is 10.1 Å². The highest BCUT2D eigenvalue weighted by atomic mass is 16.5. The van der Waals surface area contributed by atoms with Crippen LogP contribution in [-0.4, -0.2) is 40.8 Å². The molecule has 26 heavy (non-hydrogen) atoms. The zero-order valence-corrected chi connectivity index (χ0v) is 15.0. The molecule has 1 aromatic carbocycles. The molecule has 7 heteroatoms. The summed E-state index contributed by atoms with van der Waals surface area (Å²) in [6.07, 6.45) is 6.33. The van der Waals surface area contributed by atoms with Crippen LogP contribution in [-0.2, 0) is 0 Å². The Morgan fingerprint density at radius 3 is 2.92 bits per heavy atom. The molecule has 1 saturated carbocycles. The number of hydrogen-bond donors (Lipinski definition) is 1. The van der Waals surface area contributed by atoms with Gasteiger partial charge >= 0.3 is 6.03 Å². The number of carbonyl (C=O) groups is 1. The van der Waals surface area contributed by atoms with E-state index in [1.165, 1.54) is 12.8 Å². The van der Waals surface area contributed by atoms with Gasteiger partial charge in [0.1, 0.15) is 11.8 Å². The minimum absolute atomic E-state index is 0.0134. The highest BCUT2D eigenvalue weighted by Gasteiger charge is 2.35. The number of rotatable bonds is 4. The van der Waals surface area contributed by atoms with Gasteiger partial charge in [0.2, 0.25) is 11.7 Å². The quantitative estimate of drug-likeness (QED) is 0.906. The highest BCUT2D eigenvalue weighted by molar-refractivity contribution is 5.75. The first-order valence-electron chi connectivity index (χ1n) is 9.30. The van der Waals surface area contributed by atoms with E-state index in [2.05, 4.69) is 15.5 Å². The van der Waals surface area contributed by atoms with E-state index in [1.54, 1.807) is 7.11 Å². The summed E-state index contributed by atoms with van der Waals surface area (Å²) in [4.78, 5) is 19.0. The Morgan fingerprint density at radius 1 is 1.27 bits per heavy atom. The molecule has 0 spiro atoms. The fourth-order valence-corrected chi connectivity index (χ4v) is 3.84. The second-order valence-corrected chi connectivity index (χ2v) is 6.97.